The number of unbranched alkanes of at least 4 members (excludes halogenated alkanes) is 1. The zero-order valence-electron chi connectivity index (χ0n) is 20.7. The molecule has 4 aliphatic carbocycles. The van der Waals surface area contributed by atoms with Crippen molar-refractivity contribution in [3.8, 4) is 0 Å². The third-order valence-corrected chi connectivity index (χ3v) is 9.81. The standard InChI is InChI=1S/C27H51N3/c1-5-7-8-25(19-28-4)30-12-11-29(26(20-30)21(3)6-2)10-9-27-16-22-13-23(17-27)15-24(14-22)18-27/h21-26,28H,5-20H2,1-4H3/t21?,22?,23?,24?,25-,26-,27?/m0/s1. The van der Waals surface area contributed by atoms with Crippen molar-refractivity contribution >= 4 is 0 Å². The molecule has 4 saturated carbocycles. The van der Waals surface area contributed by atoms with Crippen molar-refractivity contribution in [2.75, 3.05) is 39.8 Å². The quantitative estimate of drug-likeness (QED) is 0.485. The van der Waals surface area contributed by atoms with Gasteiger partial charge in [-0.2, -0.15) is 0 Å². The van der Waals surface area contributed by atoms with Crippen LogP contribution in [0.5, 0.6) is 0 Å². The van der Waals surface area contributed by atoms with Gasteiger partial charge < -0.3 is 5.32 Å². The number of likely N-dealkylation sites (N-methyl/N-ethyl adjacent to an activating group) is 1. The Hall–Kier alpha value is -0.120. The summed E-state index contributed by atoms with van der Waals surface area (Å²) in [7, 11) is 2.13. The molecule has 4 bridgehead atoms. The Balaban J connectivity index is 1.37. The van der Waals surface area contributed by atoms with Crippen molar-refractivity contribution in [1.29, 1.82) is 0 Å². The number of piperazine rings is 1. The van der Waals surface area contributed by atoms with Crippen LogP contribution in [-0.2, 0) is 0 Å². The molecule has 1 N–H and O–H groups in total. The van der Waals surface area contributed by atoms with Gasteiger partial charge in [0.15, 0.2) is 0 Å². The first-order chi connectivity index (χ1) is 14.6. The highest BCUT2D eigenvalue weighted by atomic mass is 15.3. The Bertz CT molecular complexity index is 497. The van der Waals surface area contributed by atoms with E-state index >= 15 is 0 Å². The van der Waals surface area contributed by atoms with Gasteiger partial charge in [0.2, 0.25) is 0 Å². The van der Waals surface area contributed by atoms with Gasteiger partial charge in [-0.25, -0.2) is 0 Å². The van der Waals surface area contributed by atoms with Crippen LogP contribution >= 0.6 is 0 Å². The second kappa shape index (κ2) is 10.2. The maximum absolute atomic E-state index is 3.49. The molecule has 3 nitrogen and oxygen atoms in total. The summed E-state index contributed by atoms with van der Waals surface area (Å²) in [5.41, 5.74) is 0.738. The summed E-state index contributed by atoms with van der Waals surface area (Å²) in [6, 6.07) is 1.49. The van der Waals surface area contributed by atoms with Crippen molar-refractivity contribution < 1.29 is 0 Å². The molecule has 5 rings (SSSR count). The van der Waals surface area contributed by atoms with Gasteiger partial charge in [0.1, 0.15) is 0 Å². The minimum atomic E-state index is 0.729. The molecular weight excluding hydrogens is 366 g/mol. The molecule has 1 unspecified atom stereocenters. The number of nitrogens with one attached hydrogen (secondary N) is 1. The molecule has 1 aliphatic heterocycles. The van der Waals surface area contributed by atoms with Crippen molar-refractivity contribution in [2.24, 2.45) is 29.1 Å². The minimum Gasteiger partial charge on any atom is -0.318 e. The largest absolute Gasteiger partial charge is 0.318 e. The Morgan fingerprint density at radius 3 is 2.23 bits per heavy atom. The fourth-order valence-electron chi connectivity index (χ4n) is 8.36. The summed E-state index contributed by atoms with van der Waals surface area (Å²) in [5, 5.41) is 3.49. The Kier molecular flexibility index (Phi) is 7.85. The second-order valence-electron chi connectivity index (χ2n) is 12.0. The first-order valence-corrected chi connectivity index (χ1v) is 13.7. The highest BCUT2D eigenvalue weighted by Crippen LogP contribution is 2.61. The molecule has 3 heteroatoms. The topological polar surface area (TPSA) is 18.5 Å². The maximum Gasteiger partial charge on any atom is 0.0249 e. The monoisotopic (exact) mass is 417 g/mol. The molecule has 174 valence electrons. The fraction of sp³-hybridized carbons (Fsp3) is 1.00. The number of rotatable bonds is 11. The summed E-state index contributed by atoms with van der Waals surface area (Å²) < 4.78 is 0. The Labute approximate surface area is 187 Å². The van der Waals surface area contributed by atoms with E-state index in [2.05, 4.69) is 42.9 Å². The normalized spacial score (nSPS) is 38.8. The summed E-state index contributed by atoms with van der Waals surface area (Å²) in [6.45, 7) is 13.7. The van der Waals surface area contributed by atoms with Crippen LogP contribution in [0.15, 0.2) is 0 Å². The van der Waals surface area contributed by atoms with Crippen LogP contribution in [0.3, 0.4) is 0 Å². The third kappa shape index (κ3) is 5.09. The number of hydrogen-bond acceptors (Lipinski definition) is 3. The maximum atomic E-state index is 3.49. The lowest BCUT2D eigenvalue weighted by molar-refractivity contribution is -0.0678. The van der Waals surface area contributed by atoms with Gasteiger partial charge in [-0.1, -0.05) is 40.0 Å². The molecule has 1 heterocycles. The highest BCUT2D eigenvalue weighted by Gasteiger charge is 2.50. The molecule has 30 heavy (non-hydrogen) atoms. The van der Waals surface area contributed by atoms with Gasteiger partial charge in [0.25, 0.3) is 0 Å². The van der Waals surface area contributed by atoms with E-state index in [0.717, 1.165) is 47.7 Å². The van der Waals surface area contributed by atoms with Gasteiger partial charge in [-0.3, -0.25) is 9.80 Å². The molecule has 0 radical (unpaired) electrons. The number of hydrogen-bond donors (Lipinski definition) is 1. The first kappa shape index (κ1) is 23.1. The highest BCUT2D eigenvalue weighted by molar-refractivity contribution is 5.02. The average molecular weight is 418 g/mol. The van der Waals surface area contributed by atoms with E-state index in [0.29, 0.717) is 0 Å². The average Bonchev–Trinajstić information content (AvgIpc) is 2.73. The number of nitrogens with zero attached hydrogens (tertiary/aromatic N) is 2. The summed E-state index contributed by atoms with van der Waals surface area (Å²) in [5.74, 6) is 4.10. The van der Waals surface area contributed by atoms with E-state index in [-0.39, 0.29) is 0 Å². The third-order valence-electron chi connectivity index (χ3n) is 9.81. The van der Waals surface area contributed by atoms with Crippen molar-refractivity contribution in [1.82, 2.24) is 15.1 Å². The van der Waals surface area contributed by atoms with Crippen molar-refractivity contribution in [3.63, 3.8) is 0 Å². The SMILES string of the molecule is CCCC[C@@H](CNC)N1CCN(CCC23CC4CC(CC(C4)C2)C3)[C@H](C(C)CC)C1. The smallest absolute Gasteiger partial charge is 0.0249 e. The van der Waals surface area contributed by atoms with E-state index in [4.69, 9.17) is 0 Å². The lowest BCUT2D eigenvalue weighted by Gasteiger charge is -2.57. The Morgan fingerprint density at radius 1 is 1.00 bits per heavy atom. The van der Waals surface area contributed by atoms with Crippen LogP contribution in [0.2, 0.25) is 0 Å². The first-order valence-electron chi connectivity index (χ1n) is 13.7. The van der Waals surface area contributed by atoms with E-state index in [9.17, 15) is 0 Å². The van der Waals surface area contributed by atoms with Crippen LogP contribution in [0, 0.1) is 29.1 Å². The zero-order chi connectivity index (χ0) is 21.1. The molecule has 1 saturated heterocycles. The van der Waals surface area contributed by atoms with Gasteiger partial charge in [-0.05, 0) is 94.0 Å². The fourth-order valence-corrected chi connectivity index (χ4v) is 8.36. The minimum absolute atomic E-state index is 0.729. The predicted octanol–water partition coefficient (Wildman–Crippen LogP) is 5.40. The Morgan fingerprint density at radius 2 is 1.67 bits per heavy atom. The van der Waals surface area contributed by atoms with Crippen LogP contribution in [0.1, 0.15) is 91.4 Å². The molecular formula is C27H51N3. The van der Waals surface area contributed by atoms with E-state index in [1.54, 1.807) is 38.5 Å². The lowest BCUT2D eigenvalue weighted by atomic mass is 9.49. The van der Waals surface area contributed by atoms with Gasteiger partial charge in [0.05, 0.1) is 0 Å². The molecule has 5 aliphatic rings. The summed E-state index contributed by atoms with van der Waals surface area (Å²) >= 11 is 0. The summed E-state index contributed by atoms with van der Waals surface area (Å²) in [6.07, 6.45) is 16.3. The lowest BCUT2D eigenvalue weighted by Crippen LogP contribution is -2.59. The van der Waals surface area contributed by atoms with Gasteiger partial charge >= 0.3 is 0 Å². The van der Waals surface area contributed by atoms with Crippen molar-refractivity contribution in [2.45, 2.75) is 103 Å². The second-order valence-corrected chi connectivity index (χ2v) is 12.0. The van der Waals surface area contributed by atoms with E-state index in [1.807, 2.05) is 0 Å². The molecule has 0 amide bonds. The van der Waals surface area contributed by atoms with E-state index < -0.39 is 0 Å². The summed E-state index contributed by atoms with van der Waals surface area (Å²) in [4.78, 5) is 5.80. The molecule has 5 fully saturated rings. The predicted molar refractivity (Wildman–Crippen MR) is 129 cm³/mol. The molecule has 0 aromatic rings. The molecule has 3 atom stereocenters. The molecule has 0 spiro atoms. The van der Waals surface area contributed by atoms with Crippen LogP contribution in [0.25, 0.3) is 0 Å². The van der Waals surface area contributed by atoms with Crippen LogP contribution < -0.4 is 5.32 Å². The molecule has 0 aromatic carbocycles. The van der Waals surface area contributed by atoms with E-state index in [1.165, 1.54) is 58.3 Å². The van der Waals surface area contributed by atoms with Gasteiger partial charge in [-0.15, -0.1) is 0 Å². The van der Waals surface area contributed by atoms with Crippen LogP contribution in [0.4, 0.5) is 0 Å². The van der Waals surface area contributed by atoms with Gasteiger partial charge in [0, 0.05) is 38.3 Å². The van der Waals surface area contributed by atoms with Crippen LogP contribution in [-0.4, -0.2) is 61.7 Å². The van der Waals surface area contributed by atoms with Crippen molar-refractivity contribution in [3.05, 3.63) is 0 Å². The molecule has 0 aromatic heterocycles. The zero-order valence-corrected chi connectivity index (χ0v) is 20.7.